The standard InChI is InChI=1S/C13H18N2O2/c1-9(2)12(16)15-8-10-5-4-6-11(7-10)13(17)14-3/h4-7,9H,8H2,1-3H3,(H,14,17)(H,15,16). The fourth-order valence-electron chi connectivity index (χ4n) is 1.36. The fourth-order valence-corrected chi connectivity index (χ4v) is 1.36. The molecule has 0 heterocycles. The van der Waals surface area contributed by atoms with Gasteiger partial charge in [0.05, 0.1) is 0 Å². The van der Waals surface area contributed by atoms with Gasteiger partial charge in [0, 0.05) is 25.1 Å². The largest absolute Gasteiger partial charge is 0.355 e. The van der Waals surface area contributed by atoms with E-state index >= 15 is 0 Å². The molecule has 2 N–H and O–H groups in total. The van der Waals surface area contributed by atoms with Gasteiger partial charge in [0.1, 0.15) is 0 Å². The van der Waals surface area contributed by atoms with Crippen molar-refractivity contribution in [2.24, 2.45) is 5.92 Å². The summed E-state index contributed by atoms with van der Waals surface area (Å²) >= 11 is 0. The van der Waals surface area contributed by atoms with E-state index in [4.69, 9.17) is 0 Å². The van der Waals surface area contributed by atoms with Crippen molar-refractivity contribution in [3.8, 4) is 0 Å². The minimum Gasteiger partial charge on any atom is -0.355 e. The van der Waals surface area contributed by atoms with Gasteiger partial charge in [0.2, 0.25) is 5.91 Å². The zero-order valence-corrected chi connectivity index (χ0v) is 10.4. The van der Waals surface area contributed by atoms with Crippen LogP contribution in [0.3, 0.4) is 0 Å². The Morgan fingerprint density at radius 2 is 2.00 bits per heavy atom. The first-order valence-electron chi connectivity index (χ1n) is 5.63. The average Bonchev–Trinajstić information content (AvgIpc) is 2.35. The molecule has 0 fully saturated rings. The maximum atomic E-state index is 11.4. The van der Waals surface area contributed by atoms with Gasteiger partial charge in [-0.3, -0.25) is 9.59 Å². The van der Waals surface area contributed by atoms with Crippen LogP contribution < -0.4 is 10.6 Å². The highest BCUT2D eigenvalue weighted by molar-refractivity contribution is 5.94. The first-order chi connectivity index (χ1) is 8.04. The Morgan fingerprint density at radius 1 is 1.29 bits per heavy atom. The summed E-state index contributed by atoms with van der Waals surface area (Å²) in [5, 5.41) is 5.38. The molecule has 0 atom stereocenters. The lowest BCUT2D eigenvalue weighted by Crippen LogP contribution is -2.27. The van der Waals surface area contributed by atoms with Crippen molar-refractivity contribution in [1.29, 1.82) is 0 Å². The summed E-state index contributed by atoms with van der Waals surface area (Å²) in [5.74, 6) is -0.144. The SMILES string of the molecule is CNC(=O)c1cccc(CNC(=O)C(C)C)c1. The minimum absolute atomic E-state index is 0.00958. The van der Waals surface area contributed by atoms with Crippen LogP contribution in [0.25, 0.3) is 0 Å². The van der Waals surface area contributed by atoms with Crippen molar-refractivity contribution < 1.29 is 9.59 Å². The number of carbonyl (C=O) groups is 2. The van der Waals surface area contributed by atoms with Gasteiger partial charge < -0.3 is 10.6 Å². The van der Waals surface area contributed by atoms with Gasteiger partial charge in [-0.25, -0.2) is 0 Å². The quantitative estimate of drug-likeness (QED) is 0.825. The highest BCUT2D eigenvalue weighted by Crippen LogP contribution is 2.05. The predicted molar refractivity (Wildman–Crippen MR) is 66.5 cm³/mol. The lowest BCUT2D eigenvalue weighted by molar-refractivity contribution is -0.124. The number of rotatable bonds is 4. The third kappa shape index (κ3) is 3.90. The molecule has 1 aromatic carbocycles. The van der Waals surface area contributed by atoms with Crippen molar-refractivity contribution in [1.82, 2.24) is 10.6 Å². The van der Waals surface area contributed by atoms with E-state index in [0.717, 1.165) is 5.56 Å². The Kier molecular flexibility index (Phi) is 4.69. The summed E-state index contributed by atoms with van der Waals surface area (Å²) in [6.45, 7) is 4.13. The highest BCUT2D eigenvalue weighted by atomic mass is 16.2. The smallest absolute Gasteiger partial charge is 0.251 e. The van der Waals surface area contributed by atoms with Gasteiger partial charge in [-0.2, -0.15) is 0 Å². The van der Waals surface area contributed by atoms with E-state index in [2.05, 4.69) is 10.6 Å². The van der Waals surface area contributed by atoms with Crippen molar-refractivity contribution in [3.63, 3.8) is 0 Å². The highest BCUT2D eigenvalue weighted by Gasteiger charge is 2.07. The number of benzene rings is 1. The normalized spacial score (nSPS) is 10.1. The Balaban J connectivity index is 2.66. The van der Waals surface area contributed by atoms with E-state index in [1.807, 2.05) is 19.9 Å². The van der Waals surface area contributed by atoms with E-state index in [1.165, 1.54) is 0 Å². The molecular weight excluding hydrogens is 216 g/mol. The van der Waals surface area contributed by atoms with Crippen LogP contribution in [0.15, 0.2) is 24.3 Å². The molecule has 1 aromatic rings. The first kappa shape index (κ1) is 13.2. The molecule has 0 unspecified atom stereocenters. The average molecular weight is 234 g/mol. The van der Waals surface area contributed by atoms with Crippen LogP contribution in [-0.2, 0) is 11.3 Å². The van der Waals surface area contributed by atoms with Gasteiger partial charge >= 0.3 is 0 Å². The monoisotopic (exact) mass is 234 g/mol. The van der Waals surface area contributed by atoms with Crippen molar-refractivity contribution in [2.75, 3.05) is 7.05 Å². The zero-order valence-electron chi connectivity index (χ0n) is 10.4. The number of hydrogen-bond acceptors (Lipinski definition) is 2. The molecule has 0 aromatic heterocycles. The maximum Gasteiger partial charge on any atom is 0.251 e. The van der Waals surface area contributed by atoms with Crippen LogP contribution in [-0.4, -0.2) is 18.9 Å². The Morgan fingerprint density at radius 3 is 2.59 bits per heavy atom. The van der Waals surface area contributed by atoms with Crippen molar-refractivity contribution in [2.45, 2.75) is 20.4 Å². The van der Waals surface area contributed by atoms with E-state index < -0.39 is 0 Å². The molecule has 0 bridgehead atoms. The van der Waals surface area contributed by atoms with Crippen LogP contribution in [0.1, 0.15) is 29.8 Å². The second-order valence-corrected chi connectivity index (χ2v) is 4.15. The second kappa shape index (κ2) is 6.03. The summed E-state index contributed by atoms with van der Waals surface area (Å²) in [6.07, 6.45) is 0. The number of amides is 2. The van der Waals surface area contributed by atoms with E-state index in [1.54, 1.807) is 25.2 Å². The van der Waals surface area contributed by atoms with E-state index in [0.29, 0.717) is 12.1 Å². The van der Waals surface area contributed by atoms with Crippen molar-refractivity contribution in [3.05, 3.63) is 35.4 Å². The second-order valence-electron chi connectivity index (χ2n) is 4.15. The van der Waals surface area contributed by atoms with Gasteiger partial charge in [0.15, 0.2) is 0 Å². The van der Waals surface area contributed by atoms with E-state index in [-0.39, 0.29) is 17.7 Å². The van der Waals surface area contributed by atoms with Gasteiger partial charge in [-0.1, -0.05) is 26.0 Å². The zero-order chi connectivity index (χ0) is 12.8. The van der Waals surface area contributed by atoms with Gasteiger partial charge in [-0.05, 0) is 17.7 Å². The molecule has 0 aliphatic carbocycles. The molecule has 0 saturated carbocycles. The third-order valence-electron chi connectivity index (χ3n) is 2.41. The van der Waals surface area contributed by atoms with Gasteiger partial charge in [0.25, 0.3) is 5.91 Å². The molecule has 0 aliphatic heterocycles. The summed E-state index contributed by atoms with van der Waals surface area (Å²) in [5.41, 5.74) is 1.52. The fraction of sp³-hybridized carbons (Fsp3) is 0.385. The molecule has 4 heteroatoms. The van der Waals surface area contributed by atoms with Gasteiger partial charge in [-0.15, -0.1) is 0 Å². The molecule has 17 heavy (non-hydrogen) atoms. The first-order valence-corrected chi connectivity index (χ1v) is 5.63. The summed E-state index contributed by atoms with van der Waals surface area (Å²) in [6, 6.07) is 7.21. The maximum absolute atomic E-state index is 11.4. The Labute approximate surface area is 101 Å². The topological polar surface area (TPSA) is 58.2 Å². The third-order valence-corrected chi connectivity index (χ3v) is 2.41. The van der Waals surface area contributed by atoms with Crippen LogP contribution in [0.2, 0.25) is 0 Å². The van der Waals surface area contributed by atoms with Crippen LogP contribution in [0, 0.1) is 5.92 Å². The molecule has 2 amide bonds. The Bertz CT molecular complexity index is 414. The number of carbonyl (C=O) groups excluding carboxylic acids is 2. The minimum atomic E-state index is -0.123. The van der Waals surface area contributed by atoms with Crippen LogP contribution in [0.5, 0.6) is 0 Å². The Hall–Kier alpha value is -1.84. The molecule has 0 aliphatic rings. The number of hydrogen-bond donors (Lipinski definition) is 2. The van der Waals surface area contributed by atoms with Crippen LogP contribution >= 0.6 is 0 Å². The molecule has 0 radical (unpaired) electrons. The molecule has 0 spiro atoms. The lowest BCUT2D eigenvalue weighted by atomic mass is 10.1. The lowest BCUT2D eigenvalue weighted by Gasteiger charge is -2.08. The molecular formula is C13H18N2O2. The van der Waals surface area contributed by atoms with Crippen molar-refractivity contribution >= 4 is 11.8 Å². The van der Waals surface area contributed by atoms with E-state index in [9.17, 15) is 9.59 Å². The summed E-state index contributed by atoms with van der Waals surface area (Å²) in [4.78, 5) is 22.8. The predicted octanol–water partition coefficient (Wildman–Crippen LogP) is 1.32. The summed E-state index contributed by atoms with van der Waals surface area (Å²) < 4.78 is 0. The molecule has 1 rings (SSSR count). The molecule has 4 nitrogen and oxygen atoms in total. The van der Waals surface area contributed by atoms with Crippen LogP contribution in [0.4, 0.5) is 0 Å². The summed E-state index contributed by atoms with van der Waals surface area (Å²) in [7, 11) is 1.59. The number of nitrogens with one attached hydrogen (secondary N) is 2. The molecule has 0 saturated heterocycles. The molecule has 92 valence electrons.